The second kappa shape index (κ2) is 5.58. The minimum Gasteiger partial charge on any atom is -0.441 e. The zero-order chi connectivity index (χ0) is 15.0. The Kier molecular flexibility index (Phi) is 3.79. The number of ether oxygens (including phenoxy) is 1. The van der Waals surface area contributed by atoms with Crippen molar-refractivity contribution in [1.82, 2.24) is 0 Å². The molecule has 108 valence electrons. The van der Waals surface area contributed by atoms with Crippen LogP contribution in [-0.2, 0) is 11.2 Å². The summed E-state index contributed by atoms with van der Waals surface area (Å²) in [5.74, 6) is 0. The smallest absolute Gasteiger partial charge is 0.405 e. The Balaban J connectivity index is 1.95. The molecule has 0 fully saturated rings. The van der Waals surface area contributed by atoms with Crippen molar-refractivity contribution in [2.45, 2.75) is 18.9 Å². The van der Waals surface area contributed by atoms with E-state index in [0.29, 0.717) is 10.0 Å². The fraction of sp³-hybridized carbons (Fsp3) is 0.188. The van der Waals surface area contributed by atoms with E-state index in [2.05, 4.69) is 6.07 Å². The van der Waals surface area contributed by atoms with Gasteiger partial charge in [0.25, 0.3) is 0 Å². The maximum absolute atomic E-state index is 10.9. The lowest BCUT2D eigenvalue weighted by Crippen LogP contribution is -2.15. The normalized spacial score (nSPS) is 16.6. The Hall–Kier alpha value is -1.71. The molecule has 0 aliphatic heterocycles. The molecule has 2 aromatic carbocycles. The van der Waals surface area contributed by atoms with Crippen molar-refractivity contribution < 1.29 is 9.53 Å². The van der Waals surface area contributed by atoms with Gasteiger partial charge in [0, 0.05) is 10.0 Å². The number of aryl methyl sites for hydroxylation is 1. The van der Waals surface area contributed by atoms with Crippen LogP contribution in [0.15, 0.2) is 36.4 Å². The van der Waals surface area contributed by atoms with Crippen molar-refractivity contribution in [2.75, 3.05) is 0 Å². The van der Waals surface area contributed by atoms with Gasteiger partial charge in [-0.2, -0.15) is 0 Å². The van der Waals surface area contributed by atoms with Crippen LogP contribution in [-0.4, -0.2) is 6.09 Å². The third kappa shape index (κ3) is 2.99. The second-order valence-electron chi connectivity index (χ2n) is 5.04. The van der Waals surface area contributed by atoms with E-state index in [4.69, 9.17) is 33.7 Å². The van der Waals surface area contributed by atoms with Crippen LogP contribution in [0, 0.1) is 0 Å². The minimum absolute atomic E-state index is 0.241. The number of benzene rings is 2. The lowest BCUT2D eigenvalue weighted by molar-refractivity contribution is 0.107. The molecule has 1 aliphatic rings. The summed E-state index contributed by atoms with van der Waals surface area (Å²) < 4.78 is 5.12. The van der Waals surface area contributed by atoms with Gasteiger partial charge in [0.15, 0.2) is 0 Å². The molecule has 0 spiro atoms. The Labute approximate surface area is 132 Å². The number of halogens is 2. The van der Waals surface area contributed by atoms with Gasteiger partial charge in [-0.1, -0.05) is 41.4 Å². The van der Waals surface area contributed by atoms with Crippen molar-refractivity contribution >= 4 is 29.3 Å². The van der Waals surface area contributed by atoms with E-state index in [1.807, 2.05) is 24.3 Å². The van der Waals surface area contributed by atoms with Gasteiger partial charge >= 0.3 is 6.09 Å². The zero-order valence-corrected chi connectivity index (χ0v) is 12.6. The number of hydrogen-bond donors (Lipinski definition) is 1. The van der Waals surface area contributed by atoms with E-state index in [9.17, 15) is 4.79 Å². The average molecular weight is 322 g/mol. The molecule has 0 saturated heterocycles. The maximum atomic E-state index is 10.9. The Morgan fingerprint density at radius 3 is 2.48 bits per heavy atom. The molecule has 0 aromatic heterocycles. The highest BCUT2D eigenvalue weighted by molar-refractivity contribution is 6.35. The van der Waals surface area contributed by atoms with Crippen LogP contribution in [0.5, 0.6) is 0 Å². The highest BCUT2D eigenvalue weighted by atomic mass is 35.5. The summed E-state index contributed by atoms with van der Waals surface area (Å²) in [5.41, 5.74) is 9.28. The minimum atomic E-state index is -0.737. The van der Waals surface area contributed by atoms with E-state index in [1.165, 1.54) is 0 Å². The van der Waals surface area contributed by atoms with Crippen LogP contribution in [0.3, 0.4) is 0 Å². The highest BCUT2D eigenvalue weighted by Gasteiger charge is 2.25. The van der Waals surface area contributed by atoms with E-state index < -0.39 is 6.09 Å². The third-order valence-corrected chi connectivity index (χ3v) is 4.06. The molecule has 1 aliphatic carbocycles. The predicted molar refractivity (Wildman–Crippen MR) is 83.6 cm³/mol. The molecular weight excluding hydrogens is 309 g/mol. The number of hydrogen-bond acceptors (Lipinski definition) is 2. The zero-order valence-electron chi connectivity index (χ0n) is 11.1. The van der Waals surface area contributed by atoms with Crippen LogP contribution in [0.2, 0.25) is 10.0 Å². The Morgan fingerprint density at radius 1 is 1.10 bits per heavy atom. The molecule has 0 saturated carbocycles. The topological polar surface area (TPSA) is 52.3 Å². The summed E-state index contributed by atoms with van der Waals surface area (Å²) >= 11 is 12.1. The summed E-state index contributed by atoms with van der Waals surface area (Å²) in [5, 5.41) is 1.21. The van der Waals surface area contributed by atoms with E-state index in [-0.39, 0.29) is 6.10 Å². The van der Waals surface area contributed by atoms with Gasteiger partial charge in [0.05, 0.1) is 0 Å². The fourth-order valence-corrected chi connectivity index (χ4v) is 3.27. The largest absolute Gasteiger partial charge is 0.441 e. The first kappa shape index (κ1) is 14.2. The lowest BCUT2D eigenvalue weighted by Gasteiger charge is -2.12. The number of nitrogens with two attached hydrogens (primary N) is 1. The summed E-state index contributed by atoms with van der Waals surface area (Å²) in [7, 11) is 0. The third-order valence-electron chi connectivity index (χ3n) is 3.62. The van der Waals surface area contributed by atoms with Gasteiger partial charge in [-0.25, -0.2) is 4.79 Å². The van der Waals surface area contributed by atoms with Gasteiger partial charge < -0.3 is 10.5 Å². The second-order valence-corrected chi connectivity index (χ2v) is 5.91. The molecule has 1 unspecified atom stereocenters. The van der Waals surface area contributed by atoms with Crippen molar-refractivity contribution in [2.24, 2.45) is 5.73 Å². The Bertz CT molecular complexity index is 695. The summed E-state index contributed by atoms with van der Waals surface area (Å²) in [6, 6.07) is 11.5. The van der Waals surface area contributed by atoms with E-state index in [0.717, 1.165) is 35.1 Å². The number of rotatable bonds is 2. The molecule has 0 bridgehead atoms. The molecule has 5 heteroatoms. The van der Waals surface area contributed by atoms with Crippen LogP contribution in [0.4, 0.5) is 4.79 Å². The fourth-order valence-electron chi connectivity index (χ4n) is 2.74. The first-order valence-corrected chi connectivity index (χ1v) is 7.34. The van der Waals surface area contributed by atoms with Crippen LogP contribution in [0.1, 0.15) is 23.7 Å². The quantitative estimate of drug-likeness (QED) is 0.868. The van der Waals surface area contributed by atoms with Gasteiger partial charge in [0.1, 0.15) is 6.10 Å². The monoisotopic (exact) mass is 321 g/mol. The standard InChI is InChI=1S/C16H13Cl2NO2/c17-12-6-11(7-13(18)8-12)9-1-3-14-10(5-9)2-4-15(14)21-16(19)20/h1,3,5-8,15H,2,4H2,(H2,19,20). The molecule has 2 aromatic rings. The number of primary amides is 1. The highest BCUT2D eigenvalue weighted by Crippen LogP contribution is 2.37. The number of carbonyl (C=O) groups excluding carboxylic acids is 1. The first-order chi connectivity index (χ1) is 10.0. The van der Waals surface area contributed by atoms with Gasteiger partial charge in [-0.05, 0) is 53.3 Å². The van der Waals surface area contributed by atoms with E-state index >= 15 is 0 Å². The summed E-state index contributed by atoms with van der Waals surface area (Å²) in [6.07, 6.45) is 0.640. The SMILES string of the molecule is NC(=O)OC1CCc2cc(-c3cc(Cl)cc(Cl)c3)ccc21. The first-order valence-electron chi connectivity index (χ1n) is 6.58. The molecule has 0 heterocycles. The molecule has 3 nitrogen and oxygen atoms in total. The number of fused-ring (bicyclic) bond motifs is 1. The number of carbonyl (C=O) groups is 1. The van der Waals surface area contributed by atoms with Gasteiger partial charge in [-0.3, -0.25) is 0 Å². The predicted octanol–water partition coefficient (Wildman–Crippen LogP) is 4.74. The molecule has 2 N–H and O–H groups in total. The lowest BCUT2D eigenvalue weighted by atomic mass is 10.0. The molecule has 21 heavy (non-hydrogen) atoms. The molecule has 3 rings (SSSR count). The maximum Gasteiger partial charge on any atom is 0.405 e. The van der Waals surface area contributed by atoms with Crippen molar-refractivity contribution in [1.29, 1.82) is 0 Å². The van der Waals surface area contributed by atoms with Crippen molar-refractivity contribution in [3.05, 3.63) is 57.6 Å². The Morgan fingerprint density at radius 2 is 1.81 bits per heavy atom. The average Bonchev–Trinajstić information content (AvgIpc) is 2.79. The van der Waals surface area contributed by atoms with Crippen LogP contribution < -0.4 is 5.73 Å². The van der Waals surface area contributed by atoms with E-state index in [1.54, 1.807) is 6.07 Å². The van der Waals surface area contributed by atoms with Crippen molar-refractivity contribution in [3.8, 4) is 11.1 Å². The molecule has 1 atom stereocenters. The van der Waals surface area contributed by atoms with Crippen LogP contribution in [0.25, 0.3) is 11.1 Å². The summed E-state index contributed by atoms with van der Waals surface area (Å²) in [4.78, 5) is 10.9. The number of amides is 1. The summed E-state index contributed by atoms with van der Waals surface area (Å²) in [6.45, 7) is 0. The van der Waals surface area contributed by atoms with Crippen LogP contribution >= 0.6 is 23.2 Å². The van der Waals surface area contributed by atoms with Gasteiger partial charge in [-0.15, -0.1) is 0 Å². The van der Waals surface area contributed by atoms with Crippen molar-refractivity contribution in [3.63, 3.8) is 0 Å². The van der Waals surface area contributed by atoms with Gasteiger partial charge in [0.2, 0.25) is 0 Å². The molecule has 0 radical (unpaired) electrons. The molecular formula is C16H13Cl2NO2. The molecule has 1 amide bonds.